The second-order valence-corrected chi connectivity index (χ2v) is 8.62. The van der Waals surface area contributed by atoms with Crippen LogP contribution in [0.5, 0.6) is 5.75 Å². The topological polar surface area (TPSA) is 94.8 Å². The summed E-state index contributed by atoms with van der Waals surface area (Å²) < 4.78 is 6.94. The third kappa shape index (κ3) is 5.26. The highest BCUT2D eigenvalue weighted by atomic mass is 32.2. The van der Waals surface area contributed by atoms with Crippen molar-refractivity contribution in [3.63, 3.8) is 0 Å². The number of nitrogens with zero attached hydrogens (tertiary/aromatic N) is 5. The van der Waals surface area contributed by atoms with Crippen LogP contribution in [0.4, 0.5) is 5.69 Å². The number of methoxy groups -OCH3 is 1. The lowest BCUT2D eigenvalue weighted by Crippen LogP contribution is -2.16. The van der Waals surface area contributed by atoms with E-state index in [1.807, 2.05) is 68.4 Å². The molecule has 1 N–H and O–H groups in total. The monoisotopic (exact) mass is 474 g/mol. The Kier molecular flexibility index (Phi) is 7.22. The highest BCUT2D eigenvalue weighted by Gasteiger charge is 2.22. The maximum atomic E-state index is 13.3. The van der Waals surface area contributed by atoms with Crippen molar-refractivity contribution >= 4 is 23.4 Å². The molecule has 9 heteroatoms. The van der Waals surface area contributed by atoms with Gasteiger partial charge in [0.15, 0.2) is 10.9 Å². The van der Waals surface area contributed by atoms with Gasteiger partial charge in [-0.05, 0) is 62.2 Å². The molecular formula is C25H26N6O2S. The number of hydrogen-bond donors (Lipinski definition) is 1. The van der Waals surface area contributed by atoms with E-state index in [-0.39, 0.29) is 11.6 Å². The smallest absolute Gasteiger partial charge is 0.278 e. The van der Waals surface area contributed by atoms with Crippen molar-refractivity contribution in [2.24, 2.45) is 0 Å². The molecule has 4 rings (SSSR count). The summed E-state index contributed by atoms with van der Waals surface area (Å²) in [5.74, 6) is 0.843. The van der Waals surface area contributed by atoms with Gasteiger partial charge >= 0.3 is 0 Å². The number of thioether (sulfide) groups is 1. The van der Waals surface area contributed by atoms with E-state index in [2.05, 4.69) is 32.5 Å². The van der Waals surface area contributed by atoms with Crippen LogP contribution in [0.25, 0.3) is 5.69 Å². The molecule has 0 aliphatic heterocycles. The first-order valence-electron chi connectivity index (χ1n) is 10.9. The Morgan fingerprint density at radius 1 is 1.06 bits per heavy atom. The first-order chi connectivity index (χ1) is 16.5. The number of rotatable bonds is 8. The van der Waals surface area contributed by atoms with Crippen LogP contribution >= 0.6 is 11.8 Å². The van der Waals surface area contributed by atoms with Gasteiger partial charge < -0.3 is 10.1 Å². The molecule has 2 aromatic heterocycles. The Bertz CT molecular complexity index is 1280. The van der Waals surface area contributed by atoms with Crippen LogP contribution in [0.1, 0.15) is 40.1 Å². The average molecular weight is 475 g/mol. The number of benzene rings is 2. The van der Waals surface area contributed by atoms with Crippen LogP contribution in [0, 0.1) is 13.8 Å². The van der Waals surface area contributed by atoms with Crippen molar-refractivity contribution in [2.45, 2.75) is 38.1 Å². The number of nitrogens with one attached hydrogen (secondary N) is 1. The van der Waals surface area contributed by atoms with E-state index in [4.69, 9.17) is 4.74 Å². The summed E-state index contributed by atoms with van der Waals surface area (Å²) >= 11 is 1.44. The van der Waals surface area contributed by atoms with Crippen LogP contribution < -0.4 is 10.1 Å². The minimum absolute atomic E-state index is 0.263. The molecule has 0 aliphatic rings. The largest absolute Gasteiger partial charge is 0.497 e. The van der Waals surface area contributed by atoms with Gasteiger partial charge in [-0.25, -0.2) is 14.6 Å². The molecule has 0 saturated carbocycles. The molecule has 0 unspecified atom stereocenters. The standard InChI is InChI=1S/C25H26N6O2S/c1-5-18-8-6-7-9-21(18)28-24(32)23-22(15-34-25-26-16(2)14-17(3)27-25)31(30-29-23)19-10-12-20(33-4)13-11-19/h6-14H,5,15H2,1-4H3,(H,28,32). The van der Waals surface area contributed by atoms with Crippen LogP contribution in [0.15, 0.2) is 59.8 Å². The van der Waals surface area contributed by atoms with Gasteiger partial charge in [0, 0.05) is 22.8 Å². The number of ether oxygens (including phenoxy) is 1. The molecule has 0 aliphatic carbocycles. The van der Waals surface area contributed by atoms with Crippen LogP contribution in [-0.4, -0.2) is 38.0 Å². The second-order valence-electron chi connectivity index (χ2n) is 7.68. The molecule has 0 fully saturated rings. The molecule has 0 saturated heterocycles. The van der Waals surface area contributed by atoms with Crippen LogP contribution in [-0.2, 0) is 12.2 Å². The lowest BCUT2D eigenvalue weighted by molar-refractivity contribution is 0.102. The zero-order chi connectivity index (χ0) is 24.1. The van der Waals surface area contributed by atoms with E-state index in [1.165, 1.54) is 11.8 Å². The van der Waals surface area contributed by atoms with Gasteiger partial charge in [0.25, 0.3) is 5.91 Å². The van der Waals surface area contributed by atoms with E-state index >= 15 is 0 Å². The molecule has 2 heterocycles. The third-order valence-electron chi connectivity index (χ3n) is 5.24. The fourth-order valence-electron chi connectivity index (χ4n) is 3.56. The Hall–Kier alpha value is -3.72. The van der Waals surface area contributed by atoms with Crippen molar-refractivity contribution in [3.05, 3.63) is 82.9 Å². The number of anilines is 1. The normalized spacial score (nSPS) is 10.8. The van der Waals surface area contributed by atoms with E-state index < -0.39 is 0 Å². The Morgan fingerprint density at radius 3 is 2.44 bits per heavy atom. The van der Waals surface area contributed by atoms with Gasteiger partial charge in [-0.15, -0.1) is 5.10 Å². The minimum Gasteiger partial charge on any atom is -0.497 e. The van der Waals surface area contributed by atoms with Crippen molar-refractivity contribution in [1.29, 1.82) is 0 Å². The summed E-state index contributed by atoms with van der Waals surface area (Å²) in [4.78, 5) is 22.3. The molecule has 174 valence electrons. The van der Waals surface area contributed by atoms with Gasteiger partial charge in [0.05, 0.1) is 18.5 Å². The molecule has 8 nitrogen and oxygen atoms in total. The molecule has 0 atom stereocenters. The van der Waals surface area contributed by atoms with E-state index in [0.29, 0.717) is 16.6 Å². The van der Waals surface area contributed by atoms with Crippen molar-refractivity contribution in [1.82, 2.24) is 25.0 Å². The number of aromatic nitrogens is 5. The summed E-state index contributed by atoms with van der Waals surface area (Å²) in [6.07, 6.45) is 0.807. The highest BCUT2D eigenvalue weighted by Crippen LogP contribution is 2.25. The fourth-order valence-corrected chi connectivity index (χ4v) is 4.50. The molecule has 0 radical (unpaired) electrons. The molecular weight excluding hydrogens is 448 g/mol. The van der Waals surface area contributed by atoms with Crippen LogP contribution in [0.2, 0.25) is 0 Å². The third-order valence-corrected chi connectivity index (χ3v) is 6.10. The van der Waals surface area contributed by atoms with Crippen molar-refractivity contribution in [2.75, 3.05) is 12.4 Å². The van der Waals surface area contributed by atoms with E-state index in [0.717, 1.165) is 40.5 Å². The number of aryl methyl sites for hydroxylation is 3. The lowest BCUT2D eigenvalue weighted by Gasteiger charge is -2.11. The Morgan fingerprint density at radius 2 is 1.76 bits per heavy atom. The lowest BCUT2D eigenvalue weighted by atomic mass is 10.1. The number of amides is 1. The number of hydrogen-bond acceptors (Lipinski definition) is 7. The Labute approximate surface area is 202 Å². The molecule has 1 amide bonds. The fraction of sp³-hybridized carbons (Fsp3) is 0.240. The average Bonchev–Trinajstić information content (AvgIpc) is 3.26. The van der Waals surface area contributed by atoms with Gasteiger partial charge in [-0.2, -0.15) is 0 Å². The second kappa shape index (κ2) is 10.5. The molecule has 4 aromatic rings. The summed E-state index contributed by atoms with van der Waals surface area (Å²) in [7, 11) is 1.62. The van der Waals surface area contributed by atoms with Gasteiger partial charge in [0.2, 0.25) is 0 Å². The van der Waals surface area contributed by atoms with Gasteiger partial charge in [-0.1, -0.05) is 42.1 Å². The number of para-hydroxylation sites is 1. The molecule has 0 bridgehead atoms. The predicted octanol–water partition coefficient (Wildman–Crippen LogP) is 4.79. The summed E-state index contributed by atoms with van der Waals surface area (Å²) in [5, 5.41) is 12.2. The number of carbonyl (C=O) groups is 1. The molecule has 34 heavy (non-hydrogen) atoms. The van der Waals surface area contributed by atoms with E-state index in [1.54, 1.807) is 11.8 Å². The first kappa shape index (κ1) is 23.4. The van der Waals surface area contributed by atoms with E-state index in [9.17, 15) is 4.79 Å². The summed E-state index contributed by atoms with van der Waals surface area (Å²) in [5.41, 5.74) is 5.31. The highest BCUT2D eigenvalue weighted by molar-refractivity contribution is 7.98. The minimum atomic E-state index is -0.308. The summed E-state index contributed by atoms with van der Waals surface area (Å²) in [6, 6.07) is 17.1. The first-order valence-corrected chi connectivity index (χ1v) is 11.9. The SMILES string of the molecule is CCc1ccccc1NC(=O)c1nnn(-c2ccc(OC)cc2)c1CSc1nc(C)cc(C)n1. The molecule has 2 aromatic carbocycles. The maximum Gasteiger partial charge on any atom is 0.278 e. The Balaban J connectivity index is 1.68. The number of carbonyl (C=O) groups excluding carboxylic acids is 1. The zero-order valence-corrected chi connectivity index (χ0v) is 20.4. The summed E-state index contributed by atoms with van der Waals surface area (Å²) in [6.45, 7) is 5.93. The van der Waals surface area contributed by atoms with Crippen LogP contribution in [0.3, 0.4) is 0 Å². The maximum absolute atomic E-state index is 13.3. The quantitative estimate of drug-likeness (QED) is 0.290. The zero-order valence-electron chi connectivity index (χ0n) is 19.6. The van der Waals surface area contributed by atoms with Crippen molar-refractivity contribution in [3.8, 4) is 11.4 Å². The van der Waals surface area contributed by atoms with Gasteiger partial charge in [-0.3, -0.25) is 4.79 Å². The molecule has 0 spiro atoms. The predicted molar refractivity (Wildman–Crippen MR) is 133 cm³/mol. The van der Waals surface area contributed by atoms with Gasteiger partial charge in [0.1, 0.15) is 5.75 Å². The van der Waals surface area contributed by atoms with Crippen molar-refractivity contribution < 1.29 is 9.53 Å².